The predicted molar refractivity (Wildman–Crippen MR) is 166 cm³/mol. The van der Waals surface area contributed by atoms with E-state index in [0.717, 1.165) is 6.26 Å². The standard InChI is InChI=1S/C30H40N6O4SSi/c1-19(2)42(20(3)4,21(5)6)15-13-22-16-27(37)36(28-26(22)18-31-30(35-28)41(7,39)40)25-10-8-24(9-11-25)34-29(38)23-12-14-32-33-17-23/h12,14,16-21,24-25H,8-11H2,1-7H3,(H,34,38). The Bertz CT molecular complexity index is 1660. The smallest absolute Gasteiger partial charge is 0.253 e. The summed E-state index contributed by atoms with van der Waals surface area (Å²) < 4.78 is 26.4. The van der Waals surface area contributed by atoms with Gasteiger partial charge in [0.2, 0.25) is 15.0 Å². The number of fused-ring (bicyclic) bond motifs is 1. The minimum Gasteiger partial charge on any atom is -0.349 e. The zero-order valence-electron chi connectivity index (χ0n) is 25.4. The molecule has 3 heterocycles. The topological polar surface area (TPSA) is 137 Å². The van der Waals surface area contributed by atoms with E-state index < -0.39 is 17.9 Å². The summed E-state index contributed by atoms with van der Waals surface area (Å²) in [5.74, 6) is 3.14. The van der Waals surface area contributed by atoms with Gasteiger partial charge in [-0.25, -0.2) is 13.4 Å². The summed E-state index contributed by atoms with van der Waals surface area (Å²) in [4.78, 5) is 34.9. The fourth-order valence-corrected chi connectivity index (χ4v) is 12.2. The zero-order chi connectivity index (χ0) is 30.8. The Morgan fingerprint density at radius 3 is 2.21 bits per heavy atom. The first-order chi connectivity index (χ1) is 19.8. The van der Waals surface area contributed by atoms with Crippen LogP contribution in [0.3, 0.4) is 0 Å². The molecule has 1 aliphatic carbocycles. The third-order valence-corrected chi connectivity index (χ3v) is 15.8. The molecule has 0 atom stereocenters. The van der Waals surface area contributed by atoms with Gasteiger partial charge in [0, 0.05) is 36.2 Å². The zero-order valence-corrected chi connectivity index (χ0v) is 27.2. The lowest BCUT2D eigenvalue weighted by molar-refractivity contribution is 0.0922. The first-order valence-electron chi connectivity index (χ1n) is 14.5. The second-order valence-corrected chi connectivity index (χ2v) is 19.7. The van der Waals surface area contributed by atoms with Crippen molar-refractivity contribution in [3.8, 4) is 11.5 Å². The average molecular weight is 609 g/mol. The van der Waals surface area contributed by atoms with E-state index in [4.69, 9.17) is 0 Å². The molecular formula is C30H40N6O4SSi. The highest BCUT2D eigenvalue weighted by Gasteiger charge is 2.41. The molecule has 3 aromatic heterocycles. The summed E-state index contributed by atoms with van der Waals surface area (Å²) in [6, 6.07) is 2.88. The van der Waals surface area contributed by atoms with E-state index in [0.29, 0.717) is 58.8 Å². The van der Waals surface area contributed by atoms with Gasteiger partial charge in [-0.2, -0.15) is 15.2 Å². The van der Waals surface area contributed by atoms with Gasteiger partial charge in [-0.15, -0.1) is 5.54 Å². The number of hydrogen-bond donors (Lipinski definition) is 1. The maximum atomic E-state index is 13.7. The van der Waals surface area contributed by atoms with E-state index in [1.807, 2.05) is 0 Å². The summed E-state index contributed by atoms with van der Waals surface area (Å²) in [5, 5.41) is 10.8. The molecule has 3 aromatic rings. The van der Waals surface area contributed by atoms with Gasteiger partial charge in [-0.05, 0) is 48.4 Å². The van der Waals surface area contributed by atoms with Crippen molar-refractivity contribution in [3.63, 3.8) is 0 Å². The molecule has 0 bridgehead atoms. The molecule has 42 heavy (non-hydrogen) atoms. The van der Waals surface area contributed by atoms with Crippen molar-refractivity contribution in [2.45, 2.75) is 101 Å². The van der Waals surface area contributed by atoms with Gasteiger partial charge in [0.05, 0.1) is 23.3 Å². The van der Waals surface area contributed by atoms with Crippen molar-refractivity contribution in [2.75, 3.05) is 6.26 Å². The monoisotopic (exact) mass is 608 g/mol. The van der Waals surface area contributed by atoms with Crippen LogP contribution >= 0.6 is 0 Å². The van der Waals surface area contributed by atoms with Gasteiger partial charge in [0.25, 0.3) is 11.5 Å². The Kier molecular flexibility index (Phi) is 9.32. The van der Waals surface area contributed by atoms with Crippen LogP contribution in [0.15, 0.2) is 40.7 Å². The molecule has 1 amide bonds. The second kappa shape index (κ2) is 12.4. The molecule has 1 saturated carbocycles. The number of aromatic nitrogens is 5. The molecule has 0 aromatic carbocycles. The molecule has 10 nitrogen and oxygen atoms in total. The fraction of sp³-hybridized carbons (Fsp3) is 0.533. The SMILES string of the molecule is CC(C)[Si](C#Cc1cc(=O)n(C2CCC(NC(=O)c3ccnnc3)CC2)c2nc(S(C)(=O)=O)ncc12)(C(C)C)C(C)C. The molecule has 1 fully saturated rings. The van der Waals surface area contributed by atoms with Crippen molar-refractivity contribution in [1.82, 2.24) is 30.0 Å². The van der Waals surface area contributed by atoms with Gasteiger partial charge in [-0.1, -0.05) is 47.5 Å². The highest BCUT2D eigenvalue weighted by Crippen LogP contribution is 2.41. The number of nitrogens with one attached hydrogen (secondary N) is 1. The Morgan fingerprint density at radius 1 is 1.02 bits per heavy atom. The fourth-order valence-electron chi connectivity index (χ4n) is 6.52. The minimum atomic E-state index is -3.71. The van der Waals surface area contributed by atoms with Crippen LogP contribution in [0.2, 0.25) is 16.6 Å². The van der Waals surface area contributed by atoms with Gasteiger partial charge >= 0.3 is 0 Å². The molecule has 12 heteroatoms. The van der Waals surface area contributed by atoms with E-state index in [-0.39, 0.29) is 34.4 Å². The number of sulfone groups is 1. The molecule has 4 rings (SSSR count). The van der Waals surface area contributed by atoms with Crippen LogP contribution in [0.1, 0.15) is 89.2 Å². The lowest BCUT2D eigenvalue weighted by Gasteiger charge is -2.38. The van der Waals surface area contributed by atoms with Crippen LogP contribution in [0.25, 0.3) is 11.0 Å². The molecule has 224 valence electrons. The average Bonchev–Trinajstić information content (AvgIpc) is 2.93. The first-order valence-corrected chi connectivity index (χ1v) is 18.6. The van der Waals surface area contributed by atoms with E-state index in [9.17, 15) is 18.0 Å². The number of nitrogens with zero attached hydrogens (tertiary/aromatic N) is 5. The highest BCUT2D eigenvalue weighted by molar-refractivity contribution is 7.90. The lowest BCUT2D eigenvalue weighted by atomic mass is 9.90. The van der Waals surface area contributed by atoms with E-state index in [2.05, 4.69) is 78.5 Å². The number of amides is 1. The molecular weight excluding hydrogens is 569 g/mol. The molecule has 0 radical (unpaired) electrons. The maximum Gasteiger partial charge on any atom is 0.253 e. The van der Waals surface area contributed by atoms with Crippen molar-refractivity contribution in [2.24, 2.45) is 0 Å². The number of rotatable bonds is 7. The lowest BCUT2D eigenvalue weighted by Crippen LogP contribution is -2.43. The molecule has 0 aliphatic heterocycles. The summed E-state index contributed by atoms with van der Waals surface area (Å²) in [7, 11) is -5.81. The molecule has 0 spiro atoms. The summed E-state index contributed by atoms with van der Waals surface area (Å²) in [5.41, 5.74) is 5.88. The van der Waals surface area contributed by atoms with Crippen LogP contribution in [0.5, 0.6) is 0 Å². The third-order valence-electron chi connectivity index (χ3n) is 8.62. The Hall–Kier alpha value is -3.43. The molecule has 0 saturated heterocycles. The number of pyridine rings is 1. The molecule has 1 N–H and O–H groups in total. The summed E-state index contributed by atoms with van der Waals surface area (Å²) in [6.45, 7) is 13.4. The van der Waals surface area contributed by atoms with E-state index >= 15 is 0 Å². The van der Waals surface area contributed by atoms with Crippen LogP contribution in [-0.2, 0) is 9.84 Å². The first kappa shape index (κ1) is 31.5. The van der Waals surface area contributed by atoms with Crippen LogP contribution < -0.4 is 10.9 Å². The quantitative estimate of drug-likeness (QED) is 0.236. The van der Waals surface area contributed by atoms with E-state index in [1.54, 1.807) is 16.7 Å². The van der Waals surface area contributed by atoms with E-state index in [1.165, 1.54) is 18.6 Å². The second-order valence-electron chi connectivity index (χ2n) is 12.2. The third kappa shape index (κ3) is 6.32. The van der Waals surface area contributed by atoms with Gasteiger partial charge in [-0.3, -0.25) is 14.2 Å². The predicted octanol–water partition coefficient (Wildman–Crippen LogP) is 4.47. The normalized spacial score (nSPS) is 17.9. The van der Waals surface area contributed by atoms with Crippen molar-refractivity contribution < 1.29 is 13.2 Å². The molecule has 0 unspecified atom stereocenters. The van der Waals surface area contributed by atoms with Crippen LogP contribution in [-0.4, -0.2) is 59.4 Å². The highest BCUT2D eigenvalue weighted by atomic mass is 32.2. The Labute approximate surface area is 248 Å². The Morgan fingerprint density at radius 2 is 1.67 bits per heavy atom. The number of carbonyl (C=O) groups excluding carboxylic acids is 1. The number of carbonyl (C=O) groups is 1. The minimum absolute atomic E-state index is 0.0589. The van der Waals surface area contributed by atoms with Crippen LogP contribution in [0, 0.1) is 11.5 Å². The van der Waals surface area contributed by atoms with Gasteiger partial charge in [0.1, 0.15) is 13.7 Å². The summed E-state index contributed by atoms with van der Waals surface area (Å²) in [6.07, 6.45) is 7.97. The Balaban J connectivity index is 1.74. The number of hydrogen-bond acceptors (Lipinski definition) is 8. The van der Waals surface area contributed by atoms with Crippen molar-refractivity contribution in [1.29, 1.82) is 0 Å². The largest absolute Gasteiger partial charge is 0.349 e. The van der Waals surface area contributed by atoms with Crippen LogP contribution in [0.4, 0.5) is 0 Å². The van der Waals surface area contributed by atoms with Gasteiger partial charge in [0.15, 0.2) is 0 Å². The maximum absolute atomic E-state index is 13.7. The van der Waals surface area contributed by atoms with Gasteiger partial charge < -0.3 is 5.32 Å². The molecule has 1 aliphatic rings. The van der Waals surface area contributed by atoms with Crippen molar-refractivity contribution >= 4 is 34.9 Å². The van der Waals surface area contributed by atoms with Crippen molar-refractivity contribution in [3.05, 3.63) is 52.2 Å². The summed E-state index contributed by atoms with van der Waals surface area (Å²) >= 11 is 0.